The van der Waals surface area contributed by atoms with Crippen LogP contribution in [0.15, 0.2) is 30.3 Å². The molecule has 0 spiro atoms. The number of nitrogens with one attached hydrogen (secondary N) is 1. The van der Waals surface area contributed by atoms with Crippen molar-refractivity contribution in [2.24, 2.45) is 0 Å². The fraction of sp³-hybridized carbons (Fsp3) is 0.350. The van der Waals surface area contributed by atoms with Gasteiger partial charge in [-0.25, -0.2) is 13.2 Å². The molecule has 0 aromatic heterocycles. The molecule has 1 fully saturated rings. The van der Waals surface area contributed by atoms with E-state index in [2.05, 4.69) is 5.32 Å². The summed E-state index contributed by atoms with van der Waals surface area (Å²) in [6.45, 7) is 3.14. The normalized spacial score (nSPS) is 18.4. The van der Waals surface area contributed by atoms with E-state index < -0.39 is 40.7 Å². The third-order valence-electron chi connectivity index (χ3n) is 4.76. The Labute approximate surface area is 171 Å². The van der Waals surface area contributed by atoms with Crippen LogP contribution < -0.4 is 5.32 Å². The lowest BCUT2D eigenvalue weighted by Gasteiger charge is -2.38. The van der Waals surface area contributed by atoms with Crippen molar-refractivity contribution in [2.75, 3.05) is 26.2 Å². The summed E-state index contributed by atoms with van der Waals surface area (Å²) in [5.41, 5.74) is -0.479. The molecule has 0 saturated carbocycles. The van der Waals surface area contributed by atoms with Crippen molar-refractivity contribution < 1.29 is 27.8 Å². The number of rotatable bonds is 5. The average molecular weight is 429 g/mol. The van der Waals surface area contributed by atoms with Crippen LogP contribution in [-0.2, 0) is 4.74 Å². The molecule has 0 bridgehead atoms. The zero-order valence-electron chi connectivity index (χ0n) is 15.6. The molecular formula is C20H20ClF3N2O3. The number of hydrogen-bond acceptors (Lipinski definition) is 4. The highest BCUT2D eigenvalue weighted by Crippen LogP contribution is 2.31. The van der Waals surface area contributed by atoms with Gasteiger partial charge in [-0.15, -0.1) is 0 Å². The molecule has 1 aliphatic rings. The second-order valence-corrected chi connectivity index (χ2v) is 7.23. The highest BCUT2D eigenvalue weighted by Gasteiger charge is 2.30. The minimum atomic E-state index is -1.19. The van der Waals surface area contributed by atoms with Crippen molar-refractivity contribution in [1.29, 1.82) is 0 Å². The number of nitrogens with zero attached hydrogens (tertiary/aromatic N) is 1. The van der Waals surface area contributed by atoms with Crippen molar-refractivity contribution in [2.45, 2.75) is 19.1 Å². The van der Waals surface area contributed by atoms with Crippen molar-refractivity contribution >= 4 is 17.5 Å². The van der Waals surface area contributed by atoms with Gasteiger partial charge in [0.15, 0.2) is 0 Å². The van der Waals surface area contributed by atoms with Gasteiger partial charge in [-0.3, -0.25) is 9.69 Å². The van der Waals surface area contributed by atoms with E-state index >= 15 is 0 Å². The number of carbonyl (C=O) groups is 1. The number of phenols is 1. The van der Waals surface area contributed by atoms with E-state index in [1.165, 1.54) is 12.1 Å². The molecule has 2 atom stereocenters. The van der Waals surface area contributed by atoms with Crippen LogP contribution >= 0.6 is 11.6 Å². The highest BCUT2D eigenvalue weighted by molar-refractivity contribution is 6.31. The summed E-state index contributed by atoms with van der Waals surface area (Å²) in [6.07, 6.45) is -0.105. The predicted molar refractivity (Wildman–Crippen MR) is 101 cm³/mol. The molecule has 5 nitrogen and oxygen atoms in total. The number of morpholine rings is 1. The number of phenolic OH excluding ortho intramolecular Hbond substituents is 1. The van der Waals surface area contributed by atoms with E-state index in [0.717, 1.165) is 0 Å². The summed E-state index contributed by atoms with van der Waals surface area (Å²) < 4.78 is 47.2. The van der Waals surface area contributed by atoms with Gasteiger partial charge < -0.3 is 15.2 Å². The SMILES string of the molecule is CC1CN(C(CNC(=O)c2c(O)cc(F)cc2F)c2c(F)cccc2Cl)CCO1. The van der Waals surface area contributed by atoms with Crippen molar-refractivity contribution in [3.8, 4) is 5.75 Å². The lowest BCUT2D eigenvalue weighted by molar-refractivity contribution is -0.0346. The smallest absolute Gasteiger partial charge is 0.258 e. The Kier molecular flexibility index (Phi) is 6.66. The van der Waals surface area contributed by atoms with Crippen LogP contribution in [-0.4, -0.2) is 48.3 Å². The number of amides is 1. The first-order chi connectivity index (χ1) is 13.8. The predicted octanol–water partition coefficient (Wildman–Crippen LogP) is 3.65. The first-order valence-corrected chi connectivity index (χ1v) is 9.41. The van der Waals surface area contributed by atoms with Gasteiger partial charge in [0.2, 0.25) is 0 Å². The number of ether oxygens (including phenoxy) is 1. The number of benzene rings is 2. The van der Waals surface area contributed by atoms with E-state index in [4.69, 9.17) is 16.3 Å². The van der Waals surface area contributed by atoms with Gasteiger partial charge in [-0.2, -0.15) is 0 Å². The molecule has 1 heterocycles. The van der Waals surface area contributed by atoms with Gasteiger partial charge in [0.05, 0.1) is 18.8 Å². The Bertz CT molecular complexity index is 869. The maximum Gasteiger partial charge on any atom is 0.258 e. The second kappa shape index (κ2) is 9.02. The Morgan fingerprint density at radius 3 is 2.76 bits per heavy atom. The lowest BCUT2D eigenvalue weighted by Crippen LogP contribution is -2.47. The summed E-state index contributed by atoms with van der Waals surface area (Å²) in [7, 11) is 0. The van der Waals surface area contributed by atoms with Gasteiger partial charge in [0.25, 0.3) is 5.91 Å². The molecule has 0 radical (unpaired) electrons. The fourth-order valence-corrected chi connectivity index (χ4v) is 3.72. The van der Waals surface area contributed by atoms with Crippen LogP contribution in [0.25, 0.3) is 0 Å². The summed E-state index contributed by atoms with van der Waals surface area (Å²) in [5, 5.41) is 12.4. The maximum absolute atomic E-state index is 14.6. The molecule has 156 valence electrons. The minimum absolute atomic E-state index is 0.105. The van der Waals surface area contributed by atoms with Crippen LogP contribution in [0.3, 0.4) is 0 Å². The van der Waals surface area contributed by atoms with Crippen LogP contribution in [0.1, 0.15) is 28.9 Å². The average Bonchev–Trinajstić information content (AvgIpc) is 2.63. The maximum atomic E-state index is 14.6. The molecule has 2 aromatic rings. The summed E-state index contributed by atoms with van der Waals surface area (Å²) in [5.74, 6) is -4.50. The lowest BCUT2D eigenvalue weighted by atomic mass is 10.0. The van der Waals surface area contributed by atoms with Crippen LogP contribution in [0.5, 0.6) is 5.75 Å². The molecule has 1 amide bonds. The van der Waals surface area contributed by atoms with Gasteiger partial charge >= 0.3 is 0 Å². The van der Waals surface area contributed by atoms with Crippen LogP contribution in [0.2, 0.25) is 5.02 Å². The fourth-order valence-electron chi connectivity index (χ4n) is 3.43. The number of halogens is 4. The third-order valence-corrected chi connectivity index (χ3v) is 5.09. The van der Waals surface area contributed by atoms with E-state index in [1.807, 2.05) is 11.8 Å². The molecule has 29 heavy (non-hydrogen) atoms. The quantitative estimate of drug-likeness (QED) is 0.763. The molecule has 3 rings (SSSR count). The Balaban J connectivity index is 1.87. The number of carbonyl (C=O) groups excluding carboxylic acids is 1. The second-order valence-electron chi connectivity index (χ2n) is 6.82. The first kappa shape index (κ1) is 21.4. The Morgan fingerprint density at radius 1 is 1.34 bits per heavy atom. The van der Waals surface area contributed by atoms with Crippen molar-refractivity contribution in [3.63, 3.8) is 0 Å². The van der Waals surface area contributed by atoms with E-state index in [-0.39, 0.29) is 23.2 Å². The Hall–Kier alpha value is -2.29. The van der Waals surface area contributed by atoms with Crippen LogP contribution in [0.4, 0.5) is 13.2 Å². The monoisotopic (exact) mass is 428 g/mol. The molecule has 1 aliphatic heterocycles. The molecule has 2 aromatic carbocycles. The molecular weight excluding hydrogens is 409 g/mol. The van der Waals surface area contributed by atoms with Crippen molar-refractivity contribution in [3.05, 3.63) is 63.9 Å². The van der Waals surface area contributed by atoms with Crippen LogP contribution in [0, 0.1) is 17.5 Å². The van der Waals surface area contributed by atoms with Gasteiger partial charge in [-0.1, -0.05) is 17.7 Å². The standard InChI is InChI=1S/C20H20ClF3N2O3/c1-11-10-26(5-6-29-11)16(18-13(21)3-2-4-14(18)23)9-25-20(28)19-15(24)7-12(22)8-17(19)27/h2-4,7-8,11,16,27H,5-6,9-10H2,1H3,(H,25,28). The van der Waals surface area contributed by atoms with Crippen molar-refractivity contribution in [1.82, 2.24) is 10.2 Å². The summed E-state index contributed by atoms with van der Waals surface area (Å²) in [4.78, 5) is 14.4. The van der Waals surface area contributed by atoms with Gasteiger partial charge in [0.1, 0.15) is 28.8 Å². The van der Waals surface area contributed by atoms with E-state index in [9.17, 15) is 23.1 Å². The Morgan fingerprint density at radius 2 is 2.10 bits per heavy atom. The zero-order chi connectivity index (χ0) is 21.1. The largest absolute Gasteiger partial charge is 0.507 e. The molecule has 1 saturated heterocycles. The zero-order valence-corrected chi connectivity index (χ0v) is 16.3. The molecule has 2 N–H and O–H groups in total. The summed E-state index contributed by atoms with van der Waals surface area (Å²) in [6, 6.07) is 4.79. The highest BCUT2D eigenvalue weighted by atomic mass is 35.5. The summed E-state index contributed by atoms with van der Waals surface area (Å²) >= 11 is 6.23. The van der Waals surface area contributed by atoms with Gasteiger partial charge in [0, 0.05) is 42.4 Å². The minimum Gasteiger partial charge on any atom is -0.507 e. The molecule has 0 aliphatic carbocycles. The number of hydrogen-bond donors (Lipinski definition) is 2. The number of aromatic hydroxyl groups is 1. The topological polar surface area (TPSA) is 61.8 Å². The van der Waals surface area contributed by atoms with E-state index in [0.29, 0.717) is 31.8 Å². The van der Waals surface area contributed by atoms with Gasteiger partial charge in [-0.05, 0) is 19.1 Å². The first-order valence-electron chi connectivity index (χ1n) is 9.03. The van der Waals surface area contributed by atoms with E-state index in [1.54, 1.807) is 6.07 Å². The molecule has 9 heteroatoms. The molecule has 2 unspecified atom stereocenters. The third kappa shape index (κ3) is 4.83.